The van der Waals surface area contributed by atoms with Crippen molar-refractivity contribution in [1.82, 2.24) is 9.62 Å². The molecule has 1 heterocycles. The van der Waals surface area contributed by atoms with Gasteiger partial charge in [-0.05, 0) is 42.2 Å². The quantitative estimate of drug-likeness (QED) is 0.395. The zero-order valence-corrected chi connectivity index (χ0v) is 24.1. The SMILES string of the molecule is COc1ccc(S(=O)(=O)N(CC(C)C)C[C@@H](O)C(Cc2ccccc2)NC(=O)O[C@H]2C[C@@H]3OCCO[C@@H]3C2)cc1. The summed E-state index contributed by atoms with van der Waals surface area (Å²) in [5, 5.41) is 14.2. The van der Waals surface area contributed by atoms with Crippen molar-refractivity contribution in [3.63, 3.8) is 0 Å². The van der Waals surface area contributed by atoms with E-state index in [0.29, 0.717) is 31.8 Å². The van der Waals surface area contributed by atoms with Crippen LogP contribution in [0.2, 0.25) is 0 Å². The number of nitrogens with zero attached hydrogens (tertiary/aromatic N) is 1. The summed E-state index contributed by atoms with van der Waals surface area (Å²) in [4.78, 5) is 13.1. The van der Waals surface area contributed by atoms with Crippen molar-refractivity contribution in [2.75, 3.05) is 33.4 Å². The molecule has 1 saturated carbocycles. The Balaban J connectivity index is 1.49. The predicted molar refractivity (Wildman–Crippen MR) is 149 cm³/mol. The number of amides is 1. The lowest BCUT2D eigenvalue weighted by molar-refractivity contribution is -0.124. The van der Waals surface area contributed by atoms with Crippen LogP contribution in [0.1, 0.15) is 32.3 Å². The van der Waals surface area contributed by atoms with Gasteiger partial charge in [-0.15, -0.1) is 0 Å². The number of carbonyl (C=O) groups excluding carboxylic acids is 1. The van der Waals surface area contributed by atoms with Gasteiger partial charge in [-0.25, -0.2) is 13.2 Å². The molecule has 0 spiro atoms. The van der Waals surface area contributed by atoms with Crippen LogP contribution in [0, 0.1) is 5.92 Å². The first-order valence-corrected chi connectivity index (χ1v) is 15.2. The fourth-order valence-electron chi connectivity index (χ4n) is 5.16. The molecule has 2 aromatic carbocycles. The van der Waals surface area contributed by atoms with E-state index in [0.717, 1.165) is 5.56 Å². The molecule has 5 atom stereocenters. The number of fused-ring (bicyclic) bond motifs is 1. The molecular formula is C29H40N2O8S. The Kier molecular flexibility index (Phi) is 10.4. The van der Waals surface area contributed by atoms with Crippen molar-refractivity contribution < 1.29 is 37.3 Å². The Morgan fingerprint density at radius 1 is 1.02 bits per heavy atom. The Morgan fingerprint density at radius 3 is 2.23 bits per heavy atom. The van der Waals surface area contributed by atoms with Gasteiger partial charge >= 0.3 is 6.09 Å². The summed E-state index contributed by atoms with van der Waals surface area (Å²) in [5.41, 5.74) is 0.883. The number of rotatable bonds is 12. The van der Waals surface area contributed by atoms with Crippen molar-refractivity contribution in [3.05, 3.63) is 60.2 Å². The van der Waals surface area contributed by atoms with Crippen molar-refractivity contribution >= 4 is 16.1 Å². The zero-order valence-electron chi connectivity index (χ0n) is 23.3. The Labute approximate surface area is 236 Å². The zero-order chi connectivity index (χ0) is 28.7. The lowest BCUT2D eigenvalue weighted by atomic mass is 10.0. The Bertz CT molecular complexity index is 1180. The van der Waals surface area contributed by atoms with Crippen LogP contribution >= 0.6 is 0 Å². The minimum atomic E-state index is -3.94. The highest BCUT2D eigenvalue weighted by Gasteiger charge is 2.40. The lowest BCUT2D eigenvalue weighted by Gasteiger charge is -2.30. The number of sulfonamides is 1. The van der Waals surface area contributed by atoms with Crippen molar-refractivity contribution in [1.29, 1.82) is 0 Å². The van der Waals surface area contributed by atoms with Gasteiger partial charge in [-0.2, -0.15) is 4.31 Å². The lowest BCUT2D eigenvalue weighted by Crippen LogP contribution is -2.51. The molecule has 2 aliphatic rings. The fourth-order valence-corrected chi connectivity index (χ4v) is 6.78. The summed E-state index contributed by atoms with van der Waals surface area (Å²) in [6, 6.07) is 14.7. The molecule has 1 saturated heterocycles. The number of alkyl carbamates (subject to hydrolysis) is 1. The van der Waals surface area contributed by atoms with Crippen LogP contribution in [-0.4, -0.2) is 87.8 Å². The van der Waals surface area contributed by atoms with E-state index in [4.69, 9.17) is 18.9 Å². The van der Waals surface area contributed by atoms with Crippen LogP contribution in [-0.2, 0) is 30.7 Å². The van der Waals surface area contributed by atoms with Crippen LogP contribution < -0.4 is 10.1 Å². The number of nitrogens with one attached hydrogen (secondary N) is 1. The van der Waals surface area contributed by atoms with Gasteiger partial charge in [-0.3, -0.25) is 0 Å². The van der Waals surface area contributed by atoms with Crippen LogP contribution in [0.5, 0.6) is 5.75 Å². The van der Waals surface area contributed by atoms with Crippen molar-refractivity contribution in [2.45, 2.75) is 68.5 Å². The first-order chi connectivity index (χ1) is 19.2. The van der Waals surface area contributed by atoms with Gasteiger partial charge in [0.2, 0.25) is 10.0 Å². The van der Waals surface area contributed by atoms with Gasteiger partial charge in [0.05, 0.1) is 49.6 Å². The highest BCUT2D eigenvalue weighted by Crippen LogP contribution is 2.30. The maximum atomic E-state index is 13.6. The molecular weight excluding hydrogens is 536 g/mol. The molecule has 2 N–H and O–H groups in total. The van der Waals surface area contributed by atoms with Crippen molar-refractivity contribution in [3.8, 4) is 5.75 Å². The number of benzene rings is 2. The molecule has 2 fully saturated rings. The second-order valence-electron chi connectivity index (χ2n) is 10.7. The van der Waals surface area contributed by atoms with Crippen LogP contribution in [0.15, 0.2) is 59.5 Å². The number of hydrogen-bond donors (Lipinski definition) is 2. The summed E-state index contributed by atoms with van der Waals surface area (Å²) < 4.78 is 50.8. The average molecular weight is 577 g/mol. The normalized spacial score (nSPS) is 22.5. The fraction of sp³-hybridized carbons (Fsp3) is 0.552. The number of methoxy groups -OCH3 is 1. The van der Waals surface area contributed by atoms with Crippen molar-refractivity contribution in [2.24, 2.45) is 5.92 Å². The molecule has 0 aromatic heterocycles. The third kappa shape index (κ3) is 7.94. The van der Waals surface area contributed by atoms with E-state index in [9.17, 15) is 18.3 Å². The molecule has 220 valence electrons. The maximum absolute atomic E-state index is 13.6. The molecule has 2 aromatic rings. The third-order valence-electron chi connectivity index (χ3n) is 7.15. The minimum absolute atomic E-state index is 0.000980. The Morgan fingerprint density at radius 2 is 1.65 bits per heavy atom. The average Bonchev–Trinajstić information content (AvgIpc) is 3.34. The number of aliphatic hydroxyl groups excluding tert-OH is 1. The third-order valence-corrected chi connectivity index (χ3v) is 8.99. The summed E-state index contributed by atoms with van der Waals surface area (Å²) in [6.07, 6.45) is -1.05. The summed E-state index contributed by atoms with van der Waals surface area (Å²) in [6.45, 7) is 4.85. The molecule has 4 rings (SSSR count). The van der Waals surface area contributed by atoms with Gasteiger partial charge in [-0.1, -0.05) is 44.2 Å². The molecule has 0 bridgehead atoms. The summed E-state index contributed by atoms with van der Waals surface area (Å²) >= 11 is 0. The highest BCUT2D eigenvalue weighted by molar-refractivity contribution is 7.89. The van der Waals surface area contributed by atoms with E-state index in [-0.39, 0.29) is 48.6 Å². The Hall–Kier alpha value is -2.70. The number of carbonyl (C=O) groups is 1. The molecule has 40 heavy (non-hydrogen) atoms. The van der Waals surface area contributed by atoms with E-state index in [1.165, 1.54) is 23.5 Å². The predicted octanol–water partition coefficient (Wildman–Crippen LogP) is 2.99. The number of aliphatic hydroxyl groups is 1. The minimum Gasteiger partial charge on any atom is -0.497 e. The molecule has 1 aliphatic heterocycles. The summed E-state index contributed by atoms with van der Waals surface area (Å²) in [7, 11) is -2.42. The van der Waals surface area contributed by atoms with E-state index in [1.807, 2.05) is 44.2 Å². The summed E-state index contributed by atoms with van der Waals surface area (Å²) in [5.74, 6) is 0.542. The number of hydrogen-bond acceptors (Lipinski definition) is 8. The van der Waals surface area contributed by atoms with Gasteiger partial charge in [0.15, 0.2) is 0 Å². The second kappa shape index (κ2) is 13.8. The van der Waals surface area contributed by atoms with E-state index in [1.54, 1.807) is 12.1 Å². The van der Waals surface area contributed by atoms with E-state index in [2.05, 4.69) is 5.32 Å². The smallest absolute Gasteiger partial charge is 0.407 e. The monoisotopic (exact) mass is 576 g/mol. The van der Waals surface area contributed by atoms with Crippen LogP contribution in [0.25, 0.3) is 0 Å². The largest absolute Gasteiger partial charge is 0.497 e. The second-order valence-corrected chi connectivity index (χ2v) is 12.7. The maximum Gasteiger partial charge on any atom is 0.407 e. The van der Waals surface area contributed by atoms with Gasteiger partial charge in [0.25, 0.3) is 0 Å². The van der Waals surface area contributed by atoms with Crippen LogP contribution in [0.3, 0.4) is 0 Å². The van der Waals surface area contributed by atoms with Gasteiger partial charge in [0, 0.05) is 25.9 Å². The van der Waals surface area contributed by atoms with E-state index < -0.39 is 28.3 Å². The molecule has 1 unspecified atom stereocenters. The standard InChI is InChI=1S/C29H40N2O8S/c1-20(2)18-31(40(34,35)24-11-9-22(36-3)10-12-24)19-26(32)25(15-21-7-5-4-6-8-21)30-29(33)39-23-16-27-28(17-23)38-14-13-37-27/h4-12,20,23,25-28,32H,13-19H2,1-3H3,(H,30,33)/t23-,25?,26-,27-,28+/m1/s1. The van der Waals surface area contributed by atoms with E-state index >= 15 is 0 Å². The molecule has 11 heteroatoms. The topological polar surface area (TPSA) is 124 Å². The molecule has 1 aliphatic carbocycles. The number of ether oxygens (including phenoxy) is 4. The molecule has 10 nitrogen and oxygen atoms in total. The highest BCUT2D eigenvalue weighted by atomic mass is 32.2. The molecule has 0 radical (unpaired) electrons. The van der Waals surface area contributed by atoms with Gasteiger partial charge < -0.3 is 29.4 Å². The molecule has 1 amide bonds. The van der Waals surface area contributed by atoms with Gasteiger partial charge in [0.1, 0.15) is 11.9 Å². The first-order valence-electron chi connectivity index (χ1n) is 13.7. The first kappa shape index (κ1) is 30.3. The van der Waals surface area contributed by atoms with Crippen LogP contribution in [0.4, 0.5) is 4.79 Å².